The summed E-state index contributed by atoms with van der Waals surface area (Å²) in [4.78, 5) is 11.7. The Balaban J connectivity index is 2.12. The number of rotatable bonds is 8. The molecule has 0 aromatic heterocycles. The summed E-state index contributed by atoms with van der Waals surface area (Å²) in [6.07, 6.45) is 0. The van der Waals surface area contributed by atoms with Gasteiger partial charge in [-0.15, -0.1) is 0 Å². The van der Waals surface area contributed by atoms with E-state index in [1.807, 2.05) is 31.2 Å². The molecular weight excluding hydrogens is 228 g/mol. The van der Waals surface area contributed by atoms with Crippen molar-refractivity contribution in [3.63, 3.8) is 0 Å². The number of benzene rings is 1. The van der Waals surface area contributed by atoms with Gasteiger partial charge in [-0.3, -0.25) is 4.79 Å². The van der Waals surface area contributed by atoms with Crippen LogP contribution in [0.5, 0.6) is 0 Å². The number of ether oxygens (including phenoxy) is 1. The maximum atomic E-state index is 11.7. The molecule has 0 unspecified atom stereocenters. The van der Waals surface area contributed by atoms with Crippen LogP contribution < -0.4 is 10.6 Å². The van der Waals surface area contributed by atoms with Gasteiger partial charge in [-0.25, -0.2) is 0 Å². The lowest BCUT2D eigenvalue weighted by Gasteiger charge is -2.07. The third-order valence-corrected chi connectivity index (χ3v) is 2.52. The minimum Gasteiger partial charge on any atom is -0.378 e. The smallest absolute Gasteiger partial charge is 0.251 e. The fourth-order valence-corrected chi connectivity index (χ4v) is 1.47. The van der Waals surface area contributed by atoms with Crippen LogP contribution in [0.15, 0.2) is 24.3 Å². The summed E-state index contributed by atoms with van der Waals surface area (Å²) in [5.41, 5.74) is 1.84. The van der Waals surface area contributed by atoms with Crippen LogP contribution in [0.4, 0.5) is 0 Å². The Bertz CT molecular complexity index is 349. The van der Waals surface area contributed by atoms with Gasteiger partial charge in [0, 0.05) is 18.7 Å². The van der Waals surface area contributed by atoms with Gasteiger partial charge in [0.2, 0.25) is 0 Å². The van der Waals surface area contributed by atoms with E-state index < -0.39 is 0 Å². The second-order valence-electron chi connectivity index (χ2n) is 4.09. The van der Waals surface area contributed by atoms with Crippen molar-refractivity contribution >= 4 is 5.91 Å². The largest absolute Gasteiger partial charge is 0.378 e. The molecule has 1 aromatic rings. The van der Waals surface area contributed by atoms with Crippen LogP contribution in [0.3, 0.4) is 0 Å². The van der Waals surface area contributed by atoms with Gasteiger partial charge in [0.1, 0.15) is 0 Å². The van der Waals surface area contributed by atoms with Gasteiger partial charge >= 0.3 is 0 Å². The molecule has 100 valence electrons. The highest BCUT2D eigenvalue weighted by atomic mass is 16.5. The van der Waals surface area contributed by atoms with Crippen molar-refractivity contribution in [3.05, 3.63) is 35.4 Å². The summed E-state index contributed by atoms with van der Waals surface area (Å²) >= 11 is 0. The molecule has 18 heavy (non-hydrogen) atoms. The summed E-state index contributed by atoms with van der Waals surface area (Å²) in [6, 6.07) is 7.52. The SMILES string of the molecule is CCNCCOCCNC(=O)c1ccc(C)cc1. The maximum absolute atomic E-state index is 11.7. The first-order chi connectivity index (χ1) is 8.74. The predicted octanol–water partition coefficient (Wildman–Crippen LogP) is 1.35. The molecule has 0 radical (unpaired) electrons. The Labute approximate surface area is 109 Å². The summed E-state index contributed by atoms with van der Waals surface area (Å²) in [7, 11) is 0. The third kappa shape index (κ3) is 5.80. The highest BCUT2D eigenvalue weighted by Crippen LogP contribution is 2.02. The van der Waals surface area contributed by atoms with Gasteiger partial charge < -0.3 is 15.4 Å². The number of hydrogen-bond donors (Lipinski definition) is 2. The van der Waals surface area contributed by atoms with Crippen molar-refractivity contribution in [3.8, 4) is 0 Å². The van der Waals surface area contributed by atoms with Gasteiger partial charge in [-0.2, -0.15) is 0 Å². The van der Waals surface area contributed by atoms with E-state index in [-0.39, 0.29) is 5.91 Å². The van der Waals surface area contributed by atoms with E-state index in [2.05, 4.69) is 17.6 Å². The van der Waals surface area contributed by atoms with Crippen molar-refractivity contribution in [2.24, 2.45) is 0 Å². The van der Waals surface area contributed by atoms with E-state index in [1.54, 1.807) is 0 Å². The predicted molar refractivity (Wildman–Crippen MR) is 72.9 cm³/mol. The molecule has 1 aromatic carbocycles. The molecule has 0 saturated heterocycles. The Kier molecular flexibility index (Phi) is 7.06. The Morgan fingerprint density at radius 2 is 1.83 bits per heavy atom. The molecule has 4 nitrogen and oxygen atoms in total. The van der Waals surface area contributed by atoms with Gasteiger partial charge in [0.15, 0.2) is 0 Å². The molecule has 0 fully saturated rings. The van der Waals surface area contributed by atoms with Crippen LogP contribution in [0.25, 0.3) is 0 Å². The second-order valence-corrected chi connectivity index (χ2v) is 4.09. The number of carbonyl (C=O) groups excluding carboxylic acids is 1. The zero-order valence-electron chi connectivity index (χ0n) is 11.2. The van der Waals surface area contributed by atoms with E-state index in [1.165, 1.54) is 0 Å². The molecule has 1 rings (SSSR count). The Morgan fingerprint density at radius 3 is 2.50 bits per heavy atom. The molecule has 0 aliphatic carbocycles. The fraction of sp³-hybridized carbons (Fsp3) is 0.500. The first-order valence-corrected chi connectivity index (χ1v) is 6.37. The molecule has 0 bridgehead atoms. The molecule has 0 aliphatic heterocycles. The molecule has 0 heterocycles. The summed E-state index contributed by atoms with van der Waals surface area (Å²) in [6.45, 7) is 7.62. The summed E-state index contributed by atoms with van der Waals surface area (Å²) in [5.74, 6) is -0.0507. The molecule has 4 heteroatoms. The van der Waals surface area contributed by atoms with Crippen molar-refractivity contribution < 1.29 is 9.53 Å². The number of nitrogens with one attached hydrogen (secondary N) is 2. The van der Waals surface area contributed by atoms with Crippen molar-refractivity contribution in [1.29, 1.82) is 0 Å². The lowest BCUT2D eigenvalue weighted by atomic mass is 10.1. The average Bonchev–Trinajstić information content (AvgIpc) is 2.38. The molecule has 2 N–H and O–H groups in total. The number of carbonyl (C=O) groups is 1. The van der Waals surface area contributed by atoms with Crippen LogP contribution in [0.2, 0.25) is 0 Å². The quantitative estimate of drug-likeness (QED) is 0.685. The molecule has 0 aliphatic rings. The van der Waals surface area contributed by atoms with Crippen LogP contribution in [-0.4, -0.2) is 38.8 Å². The monoisotopic (exact) mass is 250 g/mol. The maximum Gasteiger partial charge on any atom is 0.251 e. The summed E-state index contributed by atoms with van der Waals surface area (Å²) in [5, 5.41) is 5.99. The van der Waals surface area contributed by atoms with Crippen LogP contribution >= 0.6 is 0 Å². The molecular formula is C14H22N2O2. The van der Waals surface area contributed by atoms with E-state index in [4.69, 9.17) is 4.74 Å². The second kappa shape index (κ2) is 8.66. The molecule has 1 amide bonds. The van der Waals surface area contributed by atoms with Crippen LogP contribution in [0.1, 0.15) is 22.8 Å². The minimum atomic E-state index is -0.0507. The van der Waals surface area contributed by atoms with E-state index in [9.17, 15) is 4.79 Å². The highest BCUT2D eigenvalue weighted by Gasteiger charge is 2.03. The van der Waals surface area contributed by atoms with Crippen LogP contribution in [-0.2, 0) is 4.74 Å². The number of amides is 1. The summed E-state index contributed by atoms with van der Waals surface area (Å²) < 4.78 is 5.36. The first kappa shape index (κ1) is 14.7. The lowest BCUT2D eigenvalue weighted by molar-refractivity contribution is 0.0917. The van der Waals surface area contributed by atoms with E-state index >= 15 is 0 Å². The van der Waals surface area contributed by atoms with Crippen molar-refractivity contribution in [2.75, 3.05) is 32.8 Å². The normalized spacial score (nSPS) is 10.3. The molecule has 0 atom stereocenters. The molecule has 0 spiro atoms. The number of hydrogen-bond acceptors (Lipinski definition) is 3. The third-order valence-electron chi connectivity index (χ3n) is 2.52. The standard InChI is InChI=1S/C14H22N2O2/c1-3-15-8-10-18-11-9-16-14(17)13-6-4-12(2)5-7-13/h4-7,15H,3,8-11H2,1-2H3,(H,16,17). The molecule has 0 saturated carbocycles. The zero-order chi connectivity index (χ0) is 13.2. The average molecular weight is 250 g/mol. The van der Waals surface area contributed by atoms with Gasteiger partial charge in [-0.05, 0) is 25.6 Å². The fourth-order valence-electron chi connectivity index (χ4n) is 1.47. The number of aryl methyl sites for hydroxylation is 1. The Hall–Kier alpha value is -1.39. The van der Waals surface area contributed by atoms with Gasteiger partial charge in [0.25, 0.3) is 5.91 Å². The highest BCUT2D eigenvalue weighted by molar-refractivity contribution is 5.94. The van der Waals surface area contributed by atoms with Crippen LogP contribution in [0, 0.1) is 6.92 Å². The topological polar surface area (TPSA) is 50.4 Å². The van der Waals surface area contributed by atoms with E-state index in [0.717, 1.165) is 18.7 Å². The van der Waals surface area contributed by atoms with E-state index in [0.29, 0.717) is 25.3 Å². The lowest BCUT2D eigenvalue weighted by Crippen LogP contribution is -2.28. The van der Waals surface area contributed by atoms with Crippen molar-refractivity contribution in [2.45, 2.75) is 13.8 Å². The minimum absolute atomic E-state index is 0.0507. The zero-order valence-corrected chi connectivity index (χ0v) is 11.2. The first-order valence-electron chi connectivity index (χ1n) is 6.37. The van der Waals surface area contributed by atoms with Crippen molar-refractivity contribution in [1.82, 2.24) is 10.6 Å². The van der Waals surface area contributed by atoms with Gasteiger partial charge in [0.05, 0.1) is 13.2 Å². The number of likely N-dealkylation sites (N-methyl/N-ethyl adjacent to an activating group) is 1. The van der Waals surface area contributed by atoms with Gasteiger partial charge in [-0.1, -0.05) is 24.6 Å². The Morgan fingerprint density at radius 1 is 1.17 bits per heavy atom.